The van der Waals surface area contributed by atoms with Crippen LogP contribution in [-0.4, -0.2) is 7.11 Å². The average Bonchev–Trinajstić information content (AvgIpc) is 2.02. The van der Waals surface area contributed by atoms with Crippen LogP contribution in [0.3, 0.4) is 0 Å². The molecule has 0 heterocycles. The highest BCUT2D eigenvalue weighted by molar-refractivity contribution is 14.1. The molecule has 0 aliphatic rings. The van der Waals surface area contributed by atoms with Gasteiger partial charge in [-0.25, -0.2) is 8.78 Å². The van der Waals surface area contributed by atoms with E-state index >= 15 is 0 Å². The summed E-state index contributed by atoms with van der Waals surface area (Å²) in [6.07, 6.45) is -2.43. The summed E-state index contributed by atoms with van der Waals surface area (Å²) in [5.41, 5.74) is 0.0852. The van der Waals surface area contributed by atoms with Crippen LogP contribution < -0.4 is 4.74 Å². The topological polar surface area (TPSA) is 9.23 Å². The first kappa shape index (κ1) is 11.4. The minimum absolute atomic E-state index is 0.0852. The average molecular weight is 410 g/mol. The van der Waals surface area contributed by atoms with Crippen LogP contribution in [0.25, 0.3) is 0 Å². The minimum atomic E-state index is -2.43. The summed E-state index contributed by atoms with van der Waals surface area (Å²) >= 11 is 3.77. The Kier molecular flexibility index (Phi) is 4.14. The van der Waals surface area contributed by atoms with Crippen molar-refractivity contribution in [3.8, 4) is 5.75 Å². The van der Waals surface area contributed by atoms with Gasteiger partial charge in [-0.3, -0.25) is 0 Å². The molecular weight excluding hydrogens is 404 g/mol. The van der Waals surface area contributed by atoms with Crippen molar-refractivity contribution in [2.45, 2.75) is 6.43 Å². The van der Waals surface area contributed by atoms with Crippen LogP contribution in [0.2, 0.25) is 0 Å². The highest BCUT2D eigenvalue weighted by Gasteiger charge is 2.16. The zero-order chi connectivity index (χ0) is 10.0. The normalized spacial score (nSPS) is 10.6. The third-order valence-electron chi connectivity index (χ3n) is 1.51. The van der Waals surface area contributed by atoms with Crippen molar-refractivity contribution in [1.82, 2.24) is 0 Å². The molecule has 0 saturated carbocycles. The van der Waals surface area contributed by atoms with Crippen molar-refractivity contribution in [1.29, 1.82) is 0 Å². The molecule has 0 atom stereocenters. The second-order valence-corrected chi connectivity index (χ2v) is 4.63. The van der Waals surface area contributed by atoms with Crippen molar-refractivity contribution in [2.75, 3.05) is 7.11 Å². The maximum atomic E-state index is 12.5. The van der Waals surface area contributed by atoms with Crippen molar-refractivity contribution in [2.24, 2.45) is 0 Å². The van der Waals surface area contributed by atoms with Crippen LogP contribution in [0.4, 0.5) is 8.78 Å². The Morgan fingerprint density at radius 3 is 2.00 bits per heavy atom. The maximum Gasteiger partial charge on any atom is 0.265 e. The molecule has 1 rings (SSSR count). The predicted molar refractivity (Wildman–Crippen MR) is 63.4 cm³/mol. The van der Waals surface area contributed by atoms with Crippen LogP contribution in [0, 0.1) is 7.14 Å². The van der Waals surface area contributed by atoms with E-state index in [2.05, 4.69) is 0 Å². The Morgan fingerprint density at radius 1 is 1.23 bits per heavy atom. The lowest BCUT2D eigenvalue weighted by molar-refractivity contribution is 0.149. The van der Waals surface area contributed by atoms with Crippen LogP contribution in [0.1, 0.15) is 12.0 Å². The molecule has 0 aromatic heterocycles. The standard InChI is InChI=1S/C8H6F2I2O/c1-13-4-2-5(11)7(8(9)10)6(12)3-4/h2-3,8H,1H3. The molecule has 0 amide bonds. The lowest BCUT2D eigenvalue weighted by atomic mass is 10.2. The van der Waals surface area contributed by atoms with Crippen LogP contribution in [-0.2, 0) is 0 Å². The van der Waals surface area contributed by atoms with Gasteiger partial charge in [-0.2, -0.15) is 0 Å². The summed E-state index contributed by atoms with van der Waals surface area (Å²) in [6.45, 7) is 0. The van der Waals surface area contributed by atoms with E-state index in [1.807, 2.05) is 45.2 Å². The molecule has 0 aliphatic carbocycles. The molecule has 0 radical (unpaired) electrons. The van der Waals surface area contributed by atoms with E-state index < -0.39 is 6.43 Å². The van der Waals surface area contributed by atoms with Gasteiger partial charge in [0.05, 0.1) is 7.11 Å². The van der Waals surface area contributed by atoms with E-state index in [-0.39, 0.29) is 5.56 Å². The van der Waals surface area contributed by atoms with Crippen LogP contribution in [0.15, 0.2) is 12.1 Å². The van der Waals surface area contributed by atoms with Gasteiger partial charge in [0.15, 0.2) is 0 Å². The summed E-state index contributed by atoms with van der Waals surface area (Å²) in [5, 5.41) is 0. The van der Waals surface area contributed by atoms with Gasteiger partial charge < -0.3 is 4.74 Å². The van der Waals surface area contributed by atoms with Gasteiger partial charge in [0, 0.05) is 12.7 Å². The zero-order valence-corrected chi connectivity index (χ0v) is 11.0. The number of benzene rings is 1. The Hall–Kier alpha value is 0.340. The van der Waals surface area contributed by atoms with Gasteiger partial charge >= 0.3 is 0 Å². The molecule has 0 fully saturated rings. The molecule has 5 heteroatoms. The van der Waals surface area contributed by atoms with Crippen molar-refractivity contribution < 1.29 is 13.5 Å². The molecular formula is C8H6F2I2O. The largest absolute Gasteiger partial charge is 0.497 e. The van der Waals surface area contributed by atoms with E-state index in [4.69, 9.17) is 4.74 Å². The van der Waals surface area contributed by atoms with Crippen LogP contribution >= 0.6 is 45.2 Å². The van der Waals surface area contributed by atoms with E-state index in [0.29, 0.717) is 12.9 Å². The summed E-state index contributed by atoms with van der Waals surface area (Å²) in [6, 6.07) is 3.20. The molecule has 0 unspecified atom stereocenters. The first-order valence-corrected chi connectivity index (χ1v) is 5.53. The Balaban J connectivity index is 3.23. The van der Waals surface area contributed by atoms with Crippen molar-refractivity contribution in [3.05, 3.63) is 24.8 Å². The first-order chi connectivity index (χ1) is 6.06. The molecule has 0 bridgehead atoms. The van der Waals surface area contributed by atoms with Crippen molar-refractivity contribution >= 4 is 45.2 Å². The Morgan fingerprint density at radius 2 is 1.69 bits per heavy atom. The third-order valence-corrected chi connectivity index (χ3v) is 3.29. The molecule has 0 spiro atoms. The van der Waals surface area contributed by atoms with Gasteiger partial charge in [0.2, 0.25) is 0 Å². The zero-order valence-electron chi connectivity index (χ0n) is 6.65. The highest BCUT2D eigenvalue weighted by Crippen LogP contribution is 2.32. The Labute approximate surface area is 102 Å². The highest BCUT2D eigenvalue weighted by atomic mass is 127. The molecule has 0 saturated heterocycles. The van der Waals surface area contributed by atoms with Crippen LogP contribution in [0.5, 0.6) is 5.75 Å². The van der Waals surface area contributed by atoms with Crippen molar-refractivity contribution in [3.63, 3.8) is 0 Å². The molecule has 13 heavy (non-hydrogen) atoms. The lowest BCUT2D eigenvalue weighted by Gasteiger charge is -2.08. The lowest BCUT2D eigenvalue weighted by Crippen LogP contribution is -1.95. The molecule has 1 nitrogen and oxygen atoms in total. The SMILES string of the molecule is COc1cc(I)c(C(F)F)c(I)c1. The number of rotatable bonds is 2. The number of ether oxygens (including phenoxy) is 1. The van der Waals surface area contributed by atoms with E-state index in [1.54, 1.807) is 12.1 Å². The van der Waals surface area contributed by atoms with E-state index in [9.17, 15) is 8.78 Å². The van der Waals surface area contributed by atoms with E-state index in [1.165, 1.54) is 7.11 Å². The maximum absolute atomic E-state index is 12.5. The molecule has 1 aromatic rings. The first-order valence-electron chi connectivity index (χ1n) is 3.37. The summed E-state index contributed by atoms with van der Waals surface area (Å²) in [4.78, 5) is 0. The summed E-state index contributed by atoms with van der Waals surface area (Å²) in [7, 11) is 1.52. The molecule has 0 aliphatic heterocycles. The predicted octanol–water partition coefficient (Wildman–Crippen LogP) is 3.84. The number of hydrogen-bond acceptors (Lipinski definition) is 1. The summed E-state index contributed by atoms with van der Waals surface area (Å²) < 4.78 is 31.0. The second kappa shape index (κ2) is 4.72. The monoisotopic (exact) mass is 410 g/mol. The third kappa shape index (κ3) is 2.64. The fraction of sp³-hybridized carbons (Fsp3) is 0.250. The van der Waals surface area contributed by atoms with E-state index in [0.717, 1.165) is 0 Å². The van der Waals surface area contributed by atoms with Gasteiger partial charge in [0.25, 0.3) is 6.43 Å². The number of alkyl halides is 2. The Bertz CT molecular complexity index is 292. The molecule has 1 aromatic carbocycles. The van der Waals surface area contributed by atoms with Gasteiger partial charge in [-0.1, -0.05) is 0 Å². The second-order valence-electron chi connectivity index (χ2n) is 2.31. The smallest absolute Gasteiger partial charge is 0.265 e. The number of halogens is 4. The quantitative estimate of drug-likeness (QED) is 0.674. The van der Waals surface area contributed by atoms with Gasteiger partial charge in [0.1, 0.15) is 5.75 Å². The fourth-order valence-corrected chi connectivity index (χ4v) is 3.07. The number of hydrogen-bond donors (Lipinski definition) is 0. The van der Waals surface area contributed by atoms with Gasteiger partial charge in [-0.15, -0.1) is 0 Å². The minimum Gasteiger partial charge on any atom is -0.497 e. The molecule has 72 valence electrons. The van der Waals surface area contributed by atoms with Gasteiger partial charge in [-0.05, 0) is 57.3 Å². The molecule has 0 N–H and O–H groups in total. The summed E-state index contributed by atoms with van der Waals surface area (Å²) in [5.74, 6) is 0.609. The fourth-order valence-electron chi connectivity index (χ4n) is 0.887. The number of methoxy groups -OCH3 is 1.